The molecule has 1 aromatic carbocycles. The van der Waals surface area contributed by atoms with Crippen molar-refractivity contribution in [1.29, 1.82) is 0 Å². The molecule has 1 saturated heterocycles. The summed E-state index contributed by atoms with van der Waals surface area (Å²) in [6.45, 7) is 24.2. The van der Waals surface area contributed by atoms with Gasteiger partial charge in [0.2, 0.25) is 5.91 Å². The van der Waals surface area contributed by atoms with Crippen LogP contribution in [0.3, 0.4) is 0 Å². The van der Waals surface area contributed by atoms with Gasteiger partial charge in [0.1, 0.15) is 11.5 Å². The predicted molar refractivity (Wildman–Crippen MR) is 135 cm³/mol. The Morgan fingerprint density at radius 2 is 1.41 bits per heavy atom. The Morgan fingerprint density at radius 1 is 0.882 bits per heavy atom. The van der Waals surface area contributed by atoms with Gasteiger partial charge in [-0.3, -0.25) is 9.59 Å². The van der Waals surface area contributed by atoms with E-state index in [1.807, 2.05) is 47.6 Å². The molecule has 5 nitrogen and oxygen atoms in total. The fourth-order valence-corrected chi connectivity index (χ4v) is 5.56. The first kappa shape index (κ1) is 26.4. The van der Waals surface area contributed by atoms with E-state index in [9.17, 15) is 14.4 Å². The Kier molecular flexibility index (Phi) is 5.76. The molecule has 2 aliphatic heterocycles. The molecule has 1 spiro atoms. The topological polar surface area (TPSA) is 63.7 Å². The van der Waals surface area contributed by atoms with Crippen LogP contribution in [0.15, 0.2) is 12.1 Å². The van der Waals surface area contributed by atoms with Gasteiger partial charge in [0.05, 0.1) is 11.8 Å². The first-order valence-corrected chi connectivity index (χ1v) is 12.3. The molecular weight excluding hydrogens is 426 g/mol. The van der Waals surface area contributed by atoms with Gasteiger partial charge in [-0.1, -0.05) is 89.2 Å². The summed E-state index contributed by atoms with van der Waals surface area (Å²) in [5.74, 6) is -1.77. The van der Waals surface area contributed by atoms with E-state index in [2.05, 4.69) is 47.6 Å². The number of rotatable bonds is 1. The predicted octanol–water partition coefficient (Wildman–Crippen LogP) is 5.76. The number of ketones is 1. The van der Waals surface area contributed by atoms with Crippen molar-refractivity contribution in [2.24, 2.45) is 22.7 Å². The molecule has 188 valence electrons. The van der Waals surface area contributed by atoms with E-state index < -0.39 is 34.2 Å². The fraction of sp³-hybridized carbons (Fsp3) is 0.690. The highest BCUT2D eigenvalue weighted by Crippen LogP contribution is 2.60. The SMILES string of the molecule is CN1C(=O)C(C(C)(C)C)C(C(=O)C(C)(C)C)[C@@]12C(=O)Oc1c(C(C)(C)C)cc(C(C)(C)C)cc12. The largest absolute Gasteiger partial charge is 0.424 e. The number of Topliss-reactive ketones (excluding diaryl/α,β-unsaturated/α-hetero) is 1. The normalized spacial score (nSPS) is 25.7. The van der Waals surface area contributed by atoms with Gasteiger partial charge in [-0.05, 0) is 27.9 Å². The van der Waals surface area contributed by atoms with Gasteiger partial charge in [0.15, 0.2) is 5.54 Å². The Bertz CT molecular complexity index is 1060. The summed E-state index contributed by atoms with van der Waals surface area (Å²) in [4.78, 5) is 43.5. The highest BCUT2D eigenvalue weighted by atomic mass is 16.5. The molecule has 0 saturated carbocycles. The van der Waals surface area contributed by atoms with Gasteiger partial charge in [-0.15, -0.1) is 0 Å². The number of hydrogen-bond acceptors (Lipinski definition) is 4. The number of likely N-dealkylation sites (tertiary alicyclic amines) is 1. The lowest BCUT2D eigenvalue weighted by Crippen LogP contribution is -2.53. The van der Waals surface area contributed by atoms with Crippen LogP contribution in [0.5, 0.6) is 5.75 Å². The van der Waals surface area contributed by atoms with E-state index in [0.717, 1.165) is 11.1 Å². The van der Waals surface area contributed by atoms with E-state index in [-0.39, 0.29) is 22.5 Å². The van der Waals surface area contributed by atoms with E-state index in [4.69, 9.17) is 4.74 Å². The second-order valence-corrected chi connectivity index (χ2v) is 14.4. The third kappa shape index (κ3) is 3.70. The van der Waals surface area contributed by atoms with Gasteiger partial charge in [0, 0.05) is 23.6 Å². The smallest absolute Gasteiger partial charge is 0.343 e. The molecule has 0 bridgehead atoms. The Labute approximate surface area is 205 Å². The molecule has 2 heterocycles. The fourth-order valence-electron chi connectivity index (χ4n) is 5.56. The number of carbonyl (C=O) groups excluding carboxylic acids is 3. The minimum Gasteiger partial charge on any atom is -0.424 e. The molecule has 0 aromatic heterocycles. The highest BCUT2D eigenvalue weighted by molar-refractivity contribution is 6.07. The van der Waals surface area contributed by atoms with Crippen LogP contribution in [-0.4, -0.2) is 29.6 Å². The van der Waals surface area contributed by atoms with Crippen molar-refractivity contribution in [2.45, 2.75) is 99.5 Å². The summed E-state index contributed by atoms with van der Waals surface area (Å²) >= 11 is 0. The molecule has 1 amide bonds. The van der Waals surface area contributed by atoms with E-state index in [1.54, 1.807) is 7.05 Å². The number of ether oxygens (including phenoxy) is 1. The summed E-state index contributed by atoms with van der Waals surface area (Å²) < 4.78 is 6.06. The number of benzene rings is 1. The lowest BCUT2D eigenvalue weighted by molar-refractivity contribution is -0.153. The average Bonchev–Trinajstić information content (AvgIpc) is 3.05. The van der Waals surface area contributed by atoms with Crippen molar-refractivity contribution >= 4 is 17.7 Å². The number of nitrogens with zero attached hydrogens (tertiary/aromatic N) is 1. The molecular formula is C29H43NO4. The van der Waals surface area contributed by atoms with Crippen molar-refractivity contribution in [1.82, 2.24) is 4.90 Å². The van der Waals surface area contributed by atoms with E-state index in [1.165, 1.54) is 4.90 Å². The van der Waals surface area contributed by atoms with Crippen molar-refractivity contribution in [3.05, 3.63) is 28.8 Å². The molecule has 1 aromatic rings. The van der Waals surface area contributed by atoms with Crippen LogP contribution < -0.4 is 4.74 Å². The molecule has 0 aliphatic carbocycles. The Morgan fingerprint density at radius 3 is 1.82 bits per heavy atom. The zero-order valence-corrected chi connectivity index (χ0v) is 23.4. The molecule has 5 heteroatoms. The number of esters is 1. The number of carbonyl (C=O) groups is 3. The Balaban J connectivity index is 2.50. The van der Waals surface area contributed by atoms with Gasteiger partial charge in [-0.25, -0.2) is 4.79 Å². The lowest BCUT2D eigenvalue weighted by Gasteiger charge is -2.39. The standard InChI is InChI=1S/C29H43NO4/c1-25(2,3)16-14-17(26(4,5)6)21-18(15-16)29(24(33)34-21)19(22(31)28(10,11)12)20(27(7,8)9)23(32)30(29)13/h14-15,19-20H,1-13H3/t19?,20?,29-/m0/s1. The highest BCUT2D eigenvalue weighted by Gasteiger charge is 2.71. The zero-order chi connectivity index (χ0) is 26.4. The third-order valence-corrected chi connectivity index (χ3v) is 7.54. The summed E-state index contributed by atoms with van der Waals surface area (Å²) in [5.41, 5.74) is -0.600. The maximum Gasteiger partial charge on any atom is 0.343 e. The van der Waals surface area contributed by atoms with E-state index in [0.29, 0.717) is 11.3 Å². The quantitative estimate of drug-likeness (QED) is 0.387. The molecule has 34 heavy (non-hydrogen) atoms. The van der Waals surface area contributed by atoms with Crippen molar-refractivity contribution in [2.75, 3.05) is 7.05 Å². The number of fused-ring (bicyclic) bond motifs is 2. The van der Waals surface area contributed by atoms with Gasteiger partial charge in [-0.2, -0.15) is 0 Å². The number of hydrogen-bond donors (Lipinski definition) is 0. The number of amides is 1. The molecule has 1 fully saturated rings. The van der Waals surface area contributed by atoms with Crippen LogP contribution >= 0.6 is 0 Å². The van der Waals surface area contributed by atoms with Crippen LogP contribution in [0.2, 0.25) is 0 Å². The first-order chi connectivity index (χ1) is 15.1. The second kappa shape index (κ2) is 7.41. The van der Waals surface area contributed by atoms with Crippen LogP contribution in [-0.2, 0) is 30.8 Å². The molecule has 2 unspecified atom stereocenters. The first-order valence-electron chi connectivity index (χ1n) is 12.3. The zero-order valence-electron chi connectivity index (χ0n) is 23.4. The number of likely N-dealkylation sites (N-methyl/N-ethyl adjacent to an activating group) is 1. The van der Waals surface area contributed by atoms with Crippen molar-refractivity contribution < 1.29 is 19.1 Å². The minimum atomic E-state index is -1.48. The van der Waals surface area contributed by atoms with Gasteiger partial charge < -0.3 is 9.64 Å². The molecule has 2 aliphatic rings. The molecule has 3 rings (SSSR count). The summed E-state index contributed by atoms with van der Waals surface area (Å²) in [5, 5.41) is 0. The Hall–Kier alpha value is -2.17. The monoisotopic (exact) mass is 469 g/mol. The van der Waals surface area contributed by atoms with Gasteiger partial charge in [0.25, 0.3) is 0 Å². The van der Waals surface area contributed by atoms with Gasteiger partial charge >= 0.3 is 5.97 Å². The third-order valence-electron chi connectivity index (χ3n) is 7.54. The minimum absolute atomic E-state index is 0.0894. The van der Waals surface area contributed by atoms with Crippen LogP contribution in [0.1, 0.15) is 99.8 Å². The van der Waals surface area contributed by atoms with Crippen molar-refractivity contribution in [3.8, 4) is 5.75 Å². The average molecular weight is 470 g/mol. The molecule has 0 N–H and O–H groups in total. The maximum absolute atomic E-state index is 14.1. The van der Waals surface area contributed by atoms with Crippen LogP contribution in [0, 0.1) is 22.7 Å². The lowest BCUT2D eigenvalue weighted by atomic mass is 9.62. The second-order valence-electron chi connectivity index (χ2n) is 14.4. The van der Waals surface area contributed by atoms with Crippen molar-refractivity contribution in [3.63, 3.8) is 0 Å². The summed E-state index contributed by atoms with van der Waals surface area (Å²) in [6.07, 6.45) is 0. The molecule has 3 atom stereocenters. The maximum atomic E-state index is 14.1. The van der Waals surface area contributed by atoms with Crippen LogP contribution in [0.4, 0.5) is 0 Å². The molecule has 0 radical (unpaired) electrons. The summed E-state index contributed by atoms with van der Waals surface area (Å²) in [6, 6.07) is 4.12. The summed E-state index contributed by atoms with van der Waals surface area (Å²) in [7, 11) is 1.66. The van der Waals surface area contributed by atoms with E-state index >= 15 is 0 Å². The van der Waals surface area contributed by atoms with Crippen LogP contribution in [0.25, 0.3) is 0 Å².